The predicted octanol–water partition coefficient (Wildman–Crippen LogP) is 3.92. The number of likely N-dealkylation sites (N-methyl/N-ethyl adjacent to an activating group) is 2. The minimum Gasteiger partial charge on any atom is -0.459 e. The molecular formula is C40H75N3O9. The van der Waals surface area contributed by atoms with Crippen molar-refractivity contribution in [2.45, 2.75) is 187 Å². The van der Waals surface area contributed by atoms with Gasteiger partial charge in [0.05, 0.1) is 29.8 Å². The van der Waals surface area contributed by atoms with E-state index < -0.39 is 77.6 Å². The normalized spacial score (nSPS) is 44.6. The Bertz CT molecular complexity index is 1160. The zero-order valence-electron chi connectivity index (χ0n) is 34.7. The maximum absolute atomic E-state index is 14.2. The van der Waals surface area contributed by atoms with Gasteiger partial charge in [-0.25, -0.2) is 0 Å². The molecular weight excluding hydrogens is 666 g/mol. The maximum atomic E-state index is 14.2. The van der Waals surface area contributed by atoms with E-state index in [1.165, 1.54) is 0 Å². The highest BCUT2D eigenvalue weighted by Crippen LogP contribution is 2.47. The number of hydrogen-bond donors (Lipinski definition) is 4. The van der Waals surface area contributed by atoms with Gasteiger partial charge in [-0.15, -0.1) is 0 Å². The number of ether oxygens (including phenoxy) is 5. The van der Waals surface area contributed by atoms with E-state index in [9.17, 15) is 20.1 Å². The van der Waals surface area contributed by atoms with Crippen LogP contribution in [0, 0.1) is 23.2 Å². The van der Waals surface area contributed by atoms with Crippen molar-refractivity contribution in [3.05, 3.63) is 0 Å². The van der Waals surface area contributed by atoms with Crippen molar-refractivity contribution >= 4 is 5.97 Å². The fraction of sp³-hybridized carbons (Fsp3) is 0.975. The summed E-state index contributed by atoms with van der Waals surface area (Å²) in [5.41, 5.74) is -2.46. The lowest BCUT2D eigenvalue weighted by Crippen LogP contribution is -2.60. The van der Waals surface area contributed by atoms with Gasteiger partial charge in [0.15, 0.2) is 12.1 Å². The number of hydrogen-bond acceptors (Lipinski definition) is 12. The molecule has 304 valence electrons. The quantitative estimate of drug-likeness (QED) is 0.293. The molecule has 0 aromatic heterocycles. The molecule has 52 heavy (non-hydrogen) atoms. The fourth-order valence-corrected chi connectivity index (χ4v) is 9.33. The molecule has 4 N–H and O–H groups in total. The molecule has 12 heteroatoms. The SMILES string of the molecule is CC[C@H]1OC(=O)[C@H](C)[C@H]2OC3(CCNCC3)O[C@@](C)(C[C@@H](C)CN(C)[C@H](C)[C@@H](O)[C@]1(C)O)[C@H](O[C@@H]1O[C@H](C)C[C@H](N(C)CCC(C)(C)C)[C@H]1O)[C@H]2C. The van der Waals surface area contributed by atoms with Crippen LogP contribution >= 0.6 is 0 Å². The van der Waals surface area contributed by atoms with Crippen LogP contribution in [0.4, 0.5) is 0 Å². The van der Waals surface area contributed by atoms with E-state index in [2.05, 4.69) is 51.9 Å². The molecule has 4 aliphatic rings. The lowest BCUT2D eigenvalue weighted by molar-refractivity contribution is -0.329. The number of cyclic esters (lactones) is 1. The third-order valence-corrected chi connectivity index (χ3v) is 12.7. The number of rotatable bonds is 6. The first-order valence-corrected chi connectivity index (χ1v) is 20.1. The lowest BCUT2D eigenvalue weighted by Gasteiger charge is -2.49. The largest absolute Gasteiger partial charge is 0.459 e. The summed E-state index contributed by atoms with van der Waals surface area (Å²) in [6, 6.07) is -0.605. The monoisotopic (exact) mass is 742 g/mol. The third kappa shape index (κ3) is 9.89. The van der Waals surface area contributed by atoms with Crippen molar-refractivity contribution in [3.63, 3.8) is 0 Å². The number of aliphatic hydroxyl groups is 3. The Morgan fingerprint density at radius 1 is 1.08 bits per heavy atom. The van der Waals surface area contributed by atoms with E-state index in [1.807, 2.05) is 39.6 Å². The summed E-state index contributed by atoms with van der Waals surface area (Å²) in [6.07, 6.45) is -1.72. The van der Waals surface area contributed by atoms with Gasteiger partial charge < -0.3 is 54.1 Å². The number of aliphatic hydroxyl groups excluding tert-OH is 2. The number of carbonyl (C=O) groups is 1. The molecule has 2 bridgehead atoms. The van der Waals surface area contributed by atoms with Crippen LogP contribution in [0.2, 0.25) is 0 Å². The van der Waals surface area contributed by atoms with Crippen LogP contribution in [-0.4, -0.2) is 143 Å². The average Bonchev–Trinajstić information content (AvgIpc) is 3.13. The van der Waals surface area contributed by atoms with Gasteiger partial charge in [-0.05, 0) is 92.3 Å². The van der Waals surface area contributed by atoms with Crippen molar-refractivity contribution in [1.29, 1.82) is 0 Å². The van der Waals surface area contributed by atoms with E-state index in [-0.39, 0.29) is 23.5 Å². The Balaban J connectivity index is 1.80. The van der Waals surface area contributed by atoms with Gasteiger partial charge in [0, 0.05) is 50.5 Å². The molecule has 12 nitrogen and oxygen atoms in total. The minimum atomic E-state index is -1.69. The van der Waals surface area contributed by atoms with Crippen LogP contribution in [0.1, 0.15) is 115 Å². The maximum Gasteiger partial charge on any atom is 0.311 e. The fourth-order valence-electron chi connectivity index (χ4n) is 9.33. The Kier molecular flexibility index (Phi) is 14.4. The van der Waals surface area contributed by atoms with E-state index in [0.717, 1.165) is 13.0 Å². The second-order valence-electron chi connectivity index (χ2n) is 18.8. The molecule has 4 rings (SSSR count). The van der Waals surface area contributed by atoms with Gasteiger partial charge >= 0.3 is 5.97 Å². The first-order valence-electron chi connectivity index (χ1n) is 20.1. The summed E-state index contributed by atoms with van der Waals surface area (Å²) < 4.78 is 34.0. The van der Waals surface area contributed by atoms with Crippen LogP contribution in [0.5, 0.6) is 0 Å². The average molecular weight is 742 g/mol. The smallest absolute Gasteiger partial charge is 0.311 e. The number of nitrogens with zero attached hydrogens (tertiary/aromatic N) is 2. The third-order valence-electron chi connectivity index (χ3n) is 12.7. The van der Waals surface area contributed by atoms with Crippen LogP contribution < -0.4 is 5.32 Å². The van der Waals surface area contributed by atoms with E-state index in [4.69, 9.17) is 23.7 Å². The van der Waals surface area contributed by atoms with Gasteiger partial charge in [0.1, 0.15) is 23.9 Å². The van der Waals surface area contributed by atoms with Gasteiger partial charge in [-0.1, -0.05) is 41.5 Å². The number of piperidine rings is 1. The second-order valence-corrected chi connectivity index (χ2v) is 18.8. The van der Waals surface area contributed by atoms with Crippen LogP contribution in [0.25, 0.3) is 0 Å². The summed E-state index contributed by atoms with van der Waals surface area (Å²) in [6.45, 7) is 24.9. The second kappa shape index (κ2) is 17.1. The molecule has 14 atom stereocenters. The van der Waals surface area contributed by atoms with E-state index in [0.29, 0.717) is 51.7 Å². The van der Waals surface area contributed by atoms with Gasteiger partial charge in [-0.3, -0.25) is 4.79 Å². The van der Waals surface area contributed by atoms with Crippen molar-refractivity contribution in [2.24, 2.45) is 23.2 Å². The molecule has 4 saturated heterocycles. The Morgan fingerprint density at radius 3 is 2.31 bits per heavy atom. The van der Waals surface area contributed by atoms with Crippen molar-refractivity contribution in [1.82, 2.24) is 15.1 Å². The zero-order chi connectivity index (χ0) is 39.0. The molecule has 0 radical (unpaired) electrons. The first kappa shape index (κ1) is 43.8. The lowest BCUT2D eigenvalue weighted by atomic mass is 9.78. The molecule has 0 saturated carbocycles. The molecule has 4 fully saturated rings. The minimum absolute atomic E-state index is 0.0537. The highest BCUT2D eigenvalue weighted by Gasteiger charge is 2.58. The first-order chi connectivity index (χ1) is 24.0. The van der Waals surface area contributed by atoms with Gasteiger partial charge in [-0.2, -0.15) is 0 Å². The molecule has 0 aliphatic carbocycles. The van der Waals surface area contributed by atoms with E-state index in [1.54, 1.807) is 13.8 Å². The standard InChI is InChI=1S/C40H75N3O9/c1-14-30-39(11,47)33(45)28(6)43(13)23-24(2)22-38(10)34(50-36-31(44)29(21-25(3)48-36)42(12)20-17-37(7,8)9)26(4)32(27(5)35(46)49-30)51-40(52-38)15-18-41-19-16-40/h24-34,36,41,44-45,47H,14-23H2,1-13H3/t24-,25-,26+,27-,28-,29+,30-,31-,32+,33-,34-,36+,38+,39-/m1/s1. The predicted molar refractivity (Wildman–Crippen MR) is 201 cm³/mol. The molecule has 0 aromatic carbocycles. The highest BCUT2D eigenvalue weighted by atomic mass is 16.7. The molecule has 0 unspecified atom stereocenters. The van der Waals surface area contributed by atoms with Crippen LogP contribution in [-0.2, 0) is 28.5 Å². The van der Waals surface area contributed by atoms with Crippen LogP contribution in [0.3, 0.4) is 0 Å². The highest BCUT2D eigenvalue weighted by molar-refractivity contribution is 5.73. The van der Waals surface area contributed by atoms with Gasteiger partial charge in [0.25, 0.3) is 0 Å². The van der Waals surface area contributed by atoms with Gasteiger partial charge in [0.2, 0.25) is 0 Å². The summed E-state index contributed by atoms with van der Waals surface area (Å²) in [7, 11) is 4.01. The summed E-state index contributed by atoms with van der Waals surface area (Å²) >= 11 is 0. The molecule has 1 spiro atoms. The number of fused-ring (bicyclic) bond motifs is 3. The number of esters is 1. The Morgan fingerprint density at radius 2 is 1.71 bits per heavy atom. The summed E-state index contributed by atoms with van der Waals surface area (Å²) in [5.74, 6) is -2.61. The van der Waals surface area contributed by atoms with Crippen LogP contribution in [0.15, 0.2) is 0 Å². The van der Waals surface area contributed by atoms with E-state index >= 15 is 0 Å². The zero-order valence-corrected chi connectivity index (χ0v) is 34.7. The molecule has 0 amide bonds. The summed E-state index contributed by atoms with van der Waals surface area (Å²) in [4.78, 5) is 18.5. The molecule has 4 aliphatic heterocycles. The van der Waals surface area contributed by atoms with Crippen molar-refractivity contribution < 1.29 is 43.8 Å². The Labute approximate surface area is 314 Å². The summed E-state index contributed by atoms with van der Waals surface area (Å²) in [5, 5.41) is 38.6. The van der Waals surface area contributed by atoms with Crippen molar-refractivity contribution in [2.75, 3.05) is 40.3 Å². The molecule has 4 heterocycles. The van der Waals surface area contributed by atoms with Crippen molar-refractivity contribution in [3.8, 4) is 0 Å². The molecule has 0 aromatic rings. The number of nitrogens with one attached hydrogen (secondary N) is 1. The topological polar surface area (TPSA) is 142 Å². The number of carbonyl (C=O) groups excluding carboxylic acids is 1. The Hall–Kier alpha value is -0.930.